The van der Waals surface area contributed by atoms with Gasteiger partial charge >= 0.3 is 0 Å². The van der Waals surface area contributed by atoms with Crippen LogP contribution in [0.1, 0.15) is 52.6 Å². The van der Waals surface area contributed by atoms with Crippen LogP contribution in [-0.4, -0.2) is 11.8 Å². The Labute approximate surface area is 176 Å². The molecule has 3 aromatic carbocycles. The molecule has 5 nitrogen and oxygen atoms in total. The highest BCUT2D eigenvalue weighted by Gasteiger charge is 2.14. The fourth-order valence-electron chi connectivity index (χ4n) is 2.90. The first-order valence-electron chi connectivity index (χ1n) is 9.60. The maximum absolute atomic E-state index is 12.5. The number of amides is 2. The monoisotopic (exact) mass is 397 g/mol. The van der Waals surface area contributed by atoms with E-state index in [0.717, 1.165) is 0 Å². The molecule has 0 atom stereocenters. The number of hydrogen-bond acceptors (Lipinski definition) is 3. The Morgan fingerprint density at radius 3 is 1.80 bits per heavy atom. The van der Waals surface area contributed by atoms with E-state index in [1.54, 1.807) is 48.5 Å². The van der Waals surface area contributed by atoms with Crippen molar-refractivity contribution >= 4 is 23.2 Å². The Morgan fingerprint density at radius 1 is 0.767 bits per heavy atom. The molecule has 3 aromatic rings. The second-order valence-corrected chi connectivity index (χ2v) is 8.01. The number of nitrogens with one attached hydrogen (secondary N) is 2. The van der Waals surface area contributed by atoms with E-state index in [0.29, 0.717) is 28.1 Å². The summed E-state index contributed by atoms with van der Waals surface area (Å²) in [5, 5.41) is 14.6. The Hall–Kier alpha value is -3.91. The molecular weight excluding hydrogens is 374 g/mol. The molecule has 5 heteroatoms. The number of anilines is 2. The lowest BCUT2D eigenvalue weighted by atomic mass is 9.87. The van der Waals surface area contributed by atoms with Crippen molar-refractivity contribution in [2.75, 3.05) is 10.6 Å². The van der Waals surface area contributed by atoms with Crippen LogP contribution in [-0.2, 0) is 5.41 Å². The fourth-order valence-corrected chi connectivity index (χ4v) is 2.90. The van der Waals surface area contributed by atoms with Gasteiger partial charge in [-0.2, -0.15) is 5.26 Å². The molecule has 0 saturated carbocycles. The molecule has 0 fully saturated rings. The van der Waals surface area contributed by atoms with E-state index in [4.69, 9.17) is 5.26 Å². The van der Waals surface area contributed by atoms with E-state index < -0.39 is 0 Å². The first-order chi connectivity index (χ1) is 14.3. The van der Waals surface area contributed by atoms with Gasteiger partial charge in [-0.25, -0.2) is 0 Å². The normalized spacial score (nSPS) is 10.7. The SMILES string of the molecule is CC(C)(C)c1ccc(NC(=O)c2ccc(C(=O)Nc3cccc(C#N)c3)cc2)cc1. The van der Waals surface area contributed by atoms with Crippen molar-refractivity contribution in [3.05, 3.63) is 95.1 Å². The molecule has 0 radical (unpaired) electrons. The number of benzene rings is 3. The van der Waals surface area contributed by atoms with E-state index in [1.807, 2.05) is 30.3 Å². The number of nitrogens with zero attached hydrogens (tertiary/aromatic N) is 1. The molecule has 30 heavy (non-hydrogen) atoms. The maximum Gasteiger partial charge on any atom is 0.255 e. The number of rotatable bonds is 4. The Bertz CT molecular complexity index is 1100. The van der Waals surface area contributed by atoms with Crippen LogP contribution in [0.3, 0.4) is 0 Å². The summed E-state index contributed by atoms with van der Waals surface area (Å²) in [6, 6.07) is 22.9. The van der Waals surface area contributed by atoms with Gasteiger partial charge in [0.05, 0.1) is 11.6 Å². The molecule has 0 aliphatic heterocycles. The summed E-state index contributed by atoms with van der Waals surface area (Å²) in [6.45, 7) is 6.41. The standard InChI is InChI=1S/C25H23N3O2/c1-25(2,3)20-11-13-21(14-12-20)27-23(29)18-7-9-19(10-8-18)24(30)28-22-6-4-5-17(15-22)16-26/h4-15H,1-3H3,(H,27,29)(H,28,30). The van der Waals surface area contributed by atoms with Gasteiger partial charge < -0.3 is 10.6 Å². The van der Waals surface area contributed by atoms with Crippen molar-refractivity contribution in [3.63, 3.8) is 0 Å². The van der Waals surface area contributed by atoms with Gasteiger partial charge in [-0.15, -0.1) is 0 Å². The molecule has 150 valence electrons. The van der Waals surface area contributed by atoms with Gasteiger partial charge in [0.2, 0.25) is 0 Å². The average Bonchev–Trinajstić information content (AvgIpc) is 2.73. The molecule has 3 rings (SSSR count). The number of carbonyl (C=O) groups is 2. The lowest BCUT2D eigenvalue weighted by Gasteiger charge is -2.19. The Morgan fingerprint density at radius 2 is 1.30 bits per heavy atom. The van der Waals surface area contributed by atoms with Gasteiger partial charge in [0.25, 0.3) is 11.8 Å². The largest absolute Gasteiger partial charge is 0.322 e. The van der Waals surface area contributed by atoms with Gasteiger partial charge in [0.1, 0.15) is 0 Å². The third-order valence-corrected chi connectivity index (χ3v) is 4.67. The minimum Gasteiger partial charge on any atom is -0.322 e. The van der Waals surface area contributed by atoms with Crippen LogP contribution in [0.2, 0.25) is 0 Å². The smallest absolute Gasteiger partial charge is 0.255 e. The van der Waals surface area contributed by atoms with Crippen LogP contribution < -0.4 is 10.6 Å². The molecule has 2 N–H and O–H groups in total. The fraction of sp³-hybridized carbons (Fsp3) is 0.160. The van der Waals surface area contributed by atoms with Gasteiger partial charge in [-0.1, -0.05) is 39.0 Å². The molecule has 0 heterocycles. The van der Waals surface area contributed by atoms with Crippen molar-refractivity contribution in [2.45, 2.75) is 26.2 Å². The van der Waals surface area contributed by atoms with Gasteiger partial charge in [0, 0.05) is 22.5 Å². The highest BCUT2D eigenvalue weighted by Crippen LogP contribution is 2.23. The van der Waals surface area contributed by atoms with E-state index in [9.17, 15) is 9.59 Å². The topological polar surface area (TPSA) is 82.0 Å². The average molecular weight is 397 g/mol. The van der Waals surface area contributed by atoms with Crippen LogP contribution in [0.25, 0.3) is 0 Å². The zero-order chi connectivity index (χ0) is 21.7. The number of hydrogen-bond donors (Lipinski definition) is 2. The quantitative estimate of drug-likeness (QED) is 0.622. The zero-order valence-electron chi connectivity index (χ0n) is 17.2. The predicted molar refractivity (Wildman–Crippen MR) is 119 cm³/mol. The van der Waals surface area contributed by atoms with Crippen molar-refractivity contribution in [3.8, 4) is 6.07 Å². The summed E-state index contributed by atoms with van der Waals surface area (Å²) in [7, 11) is 0. The summed E-state index contributed by atoms with van der Waals surface area (Å²) >= 11 is 0. The van der Waals surface area contributed by atoms with Crippen molar-refractivity contribution in [2.24, 2.45) is 0 Å². The summed E-state index contributed by atoms with van der Waals surface area (Å²) in [5.41, 5.74) is 3.84. The third kappa shape index (κ3) is 5.12. The molecule has 0 aliphatic rings. The molecule has 0 saturated heterocycles. The Balaban J connectivity index is 1.65. The molecule has 0 aliphatic carbocycles. The van der Waals surface area contributed by atoms with Crippen LogP contribution in [0.15, 0.2) is 72.8 Å². The maximum atomic E-state index is 12.5. The summed E-state index contributed by atoms with van der Waals surface area (Å²) < 4.78 is 0. The number of nitriles is 1. The molecule has 0 aromatic heterocycles. The van der Waals surface area contributed by atoms with E-state index in [1.165, 1.54) is 5.56 Å². The van der Waals surface area contributed by atoms with E-state index in [2.05, 4.69) is 31.4 Å². The van der Waals surface area contributed by atoms with Crippen LogP contribution >= 0.6 is 0 Å². The number of carbonyl (C=O) groups excluding carboxylic acids is 2. The van der Waals surface area contributed by atoms with Gasteiger partial charge in [-0.3, -0.25) is 9.59 Å². The van der Waals surface area contributed by atoms with Crippen LogP contribution in [0.4, 0.5) is 11.4 Å². The highest BCUT2D eigenvalue weighted by atomic mass is 16.2. The minimum atomic E-state index is -0.310. The molecule has 0 bridgehead atoms. The lowest BCUT2D eigenvalue weighted by molar-refractivity contribution is 0.101. The van der Waals surface area contributed by atoms with Crippen LogP contribution in [0, 0.1) is 11.3 Å². The molecule has 0 unspecified atom stereocenters. The van der Waals surface area contributed by atoms with Gasteiger partial charge in [-0.05, 0) is 65.6 Å². The highest BCUT2D eigenvalue weighted by molar-refractivity contribution is 6.07. The zero-order valence-corrected chi connectivity index (χ0v) is 17.2. The van der Waals surface area contributed by atoms with Gasteiger partial charge in [0.15, 0.2) is 0 Å². The third-order valence-electron chi connectivity index (χ3n) is 4.67. The first kappa shape index (κ1) is 20.8. The Kier molecular flexibility index (Phi) is 5.98. The molecule has 2 amide bonds. The van der Waals surface area contributed by atoms with Crippen LogP contribution in [0.5, 0.6) is 0 Å². The van der Waals surface area contributed by atoms with Crippen molar-refractivity contribution in [1.29, 1.82) is 5.26 Å². The second-order valence-electron chi connectivity index (χ2n) is 8.01. The summed E-state index contributed by atoms with van der Waals surface area (Å²) in [6.07, 6.45) is 0. The molecule has 0 spiro atoms. The predicted octanol–water partition coefficient (Wildman–Crippen LogP) is 5.36. The molecular formula is C25H23N3O2. The summed E-state index contributed by atoms with van der Waals surface area (Å²) in [5.74, 6) is -0.554. The minimum absolute atomic E-state index is 0.0505. The van der Waals surface area contributed by atoms with E-state index >= 15 is 0 Å². The first-order valence-corrected chi connectivity index (χ1v) is 9.60. The van der Waals surface area contributed by atoms with E-state index in [-0.39, 0.29) is 17.2 Å². The lowest BCUT2D eigenvalue weighted by Crippen LogP contribution is -2.15. The van der Waals surface area contributed by atoms with Crippen molar-refractivity contribution < 1.29 is 9.59 Å². The summed E-state index contributed by atoms with van der Waals surface area (Å²) in [4.78, 5) is 24.9. The second kappa shape index (κ2) is 8.62. The van der Waals surface area contributed by atoms with Crippen molar-refractivity contribution in [1.82, 2.24) is 0 Å².